The third-order valence-corrected chi connectivity index (χ3v) is 6.24. The van der Waals surface area contributed by atoms with Crippen LogP contribution >= 0.6 is 0 Å². The topological polar surface area (TPSA) is 54.9 Å². The average molecular weight is 359 g/mol. The molecule has 0 aliphatic carbocycles. The highest BCUT2D eigenvalue weighted by Crippen LogP contribution is 2.39. The van der Waals surface area contributed by atoms with Crippen molar-refractivity contribution in [2.75, 3.05) is 46.5 Å². The first-order valence-corrected chi connectivity index (χ1v) is 9.72. The van der Waals surface area contributed by atoms with Crippen LogP contribution in [-0.2, 0) is 20.9 Å². The lowest BCUT2D eigenvalue weighted by atomic mass is 9.75. The van der Waals surface area contributed by atoms with E-state index in [1.165, 1.54) is 0 Å². The van der Waals surface area contributed by atoms with Crippen molar-refractivity contribution < 1.29 is 14.3 Å². The monoisotopic (exact) mass is 359 g/mol. The molecule has 0 N–H and O–H groups in total. The van der Waals surface area contributed by atoms with Gasteiger partial charge in [-0.2, -0.15) is 0 Å². The standard InChI is InChI=1S/C20H29N3O3/c1-22-8-5-16(11-26-13-18-4-2-3-7-21-18)10-20(22)14-23(15-20)19(24)17-6-9-25-12-17/h2-4,7,16-17H,5-6,8-15H2,1H3/t16-,17+/m0/s1. The Labute approximate surface area is 155 Å². The lowest BCUT2D eigenvalue weighted by Crippen LogP contribution is -2.73. The van der Waals surface area contributed by atoms with E-state index >= 15 is 0 Å². The number of aromatic nitrogens is 1. The summed E-state index contributed by atoms with van der Waals surface area (Å²) >= 11 is 0. The minimum atomic E-state index is 0.0822. The predicted octanol–water partition coefficient (Wildman–Crippen LogP) is 1.56. The minimum absolute atomic E-state index is 0.0822. The fourth-order valence-corrected chi connectivity index (χ4v) is 4.54. The number of carbonyl (C=O) groups is 1. The maximum absolute atomic E-state index is 12.6. The number of amides is 1. The zero-order valence-corrected chi connectivity index (χ0v) is 15.6. The van der Waals surface area contributed by atoms with Crippen LogP contribution in [0, 0.1) is 11.8 Å². The van der Waals surface area contributed by atoms with E-state index in [9.17, 15) is 4.79 Å². The van der Waals surface area contributed by atoms with Crippen molar-refractivity contribution in [1.29, 1.82) is 0 Å². The molecule has 3 saturated heterocycles. The van der Waals surface area contributed by atoms with Gasteiger partial charge in [-0.1, -0.05) is 6.07 Å². The molecule has 0 radical (unpaired) electrons. The Morgan fingerprint density at radius 3 is 3.00 bits per heavy atom. The van der Waals surface area contributed by atoms with Gasteiger partial charge < -0.3 is 14.4 Å². The summed E-state index contributed by atoms with van der Waals surface area (Å²) < 4.78 is 11.3. The number of ether oxygens (including phenoxy) is 2. The molecule has 0 saturated carbocycles. The lowest BCUT2D eigenvalue weighted by Gasteiger charge is -2.59. The molecule has 0 aromatic carbocycles. The molecule has 3 aliphatic rings. The highest BCUT2D eigenvalue weighted by atomic mass is 16.5. The molecule has 0 bridgehead atoms. The molecule has 1 amide bonds. The summed E-state index contributed by atoms with van der Waals surface area (Å²) in [4.78, 5) is 21.4. The SMILES string of the molecule is CN1CC[C@H](COCc2ccccn2)CC12CN(C(=O)[C@@H]1CCOC1)C2. The minimum Gasteiger partial charge on any atom is -0.381 e. The van der Waals surface area contributed by atoms with Crippen LogP contribution in [0.3, 0.4) is 0 Å². The highest BCUT2D eigenvalue weighted by molar-refractivity contribution is 5.80. The summed E-state index contributed by atoms with van der Waals surface area (Å²) in [6.45, 7) is 5.47. The van der Waals surface area contributed by atoms with Crippen LogP contribution in [0.5, 0.6) is 0 Å². The largest absolute Gasteiger partial charge is 0.381 e. The van der Waals surface area contributed by atoms with Gasteiger partial charge in [0, 0.05) is 25.9 Å². The van der Waals surface area contributed by atoms with Crippen molar-refractivity contribution in [3.8, 4) is 0 Å². The Morgan fingerprint density at radius 1 is 1.38 bits per heavy atom. The first kappa shape index (κ1) is 17.9. The number of carbonyl (C=O) groups excluding carboxylic acids is 1. The second-order valence-electron chi connectivity index (χ2n) is 8.10. The molecular weight excluding hydrogens is 330 g/mol. The molecule has 1 aromatic heterocycles. The first-order valence-electron chi connectivity index (χ1n) is 9.72. The van der Waals surface area contributed by atoms with E-state index in [1.54, 1.807) is 6.20 Å². The predicted molar refractivity (Wildman–Crippen MR) is 97.5 cm³/mol. The van der Waals surface area contributed by atoms with Crippen molar-refractivity contribution in [3.63, 3.8) is 0 Å². The summed E-state index contributed by atoms with van der Waals surface area (Å²) in [7, 11) is 2.20. The number of piperidine rings is 1. The van der Waals surface area contributed by atoms with Crippen molar-refractivity contribution in [2.24, 2.45) is 11.8 Å². The molecule has 1 spiro atoms. The Hall–Kier alpha value is -1.50. The molecule has 3 fully saturated rings. The fraction of sp³-hybridized carbons (Fsp3) is 0.700. The number of hydrogen-bond acceptors (Lipinski definition) is 5. The summed E-state index contributed by atoms with van der Waals surface area (Å²) in [6, 6.07) is 5.91. The van der Waals surface area contributed by atoms with E-state index in [0.29, 0.717) is 19.1 Å². The van der Waals surface area contributed by atoms with Crippen LogP contribution in [0.4, 0.5) is 0 Å². The number of likely N-dealkylation sites (tertiary alicyclic amines) is 2. The zero-order valence-electron chi connectivity index (χ0n) is 15.6. The number of pyridine rings is 1. The summed E-state index contributed by atoms with van der Waals surface area (Å²) in [5.41, 5.74) is 1.13. The van der Waals surface area contributed by atoms with Gasteiger partial charge in [0.2, 0.25) is 5.91 Å². The van der Waals surface area contributed by atoms with Gasteiger partial charge in [-0.25, -0.2) is 0 Å². The lowest BCUT2D eigenvalue weighted by molar-refractivity contribution is -0.155. The highest BCUT2D eigenvalue weighted by Gasteiger charge is 2.51. The molecule has 4 heterocycles. The van der Waals surface area contributed by atoms with E-state index < -0.39 is 0 Å². The van der Waals surface area contributed by atoms with Gasteiger partial charge in [0.15, 0.2) is 0 Å². The maximum Gasteiger partial charge on any atom is 0.228 e. The second-order valence-corrected chi connectivity index (χ2v) is 8.10. The van der Waals surface area contributed by atoms with Crippen molar-refractivity contribution in [2.45, 2.75) is 31.4 Å². The molecule has 6 heteroatoms. The Morgan fingerprint density at radius 2 is 2.27 bits per heavy atom. The third kappa shape index (κ3) is 3.63. The van der Waals surface area contributed by atoms with Crippen molar-refractivity contribution >= 4 is 5.91 Å². The Balaban J connectivity index is 1.26. The summed E-state index contributed by atoms with van der Waals surface area (Å²) in [5, 5.41) is 0. The number of likely N-dealkylation sites (N-methyl/N-ethyl adjacent to an activating group) is 1. The molecule has 2 atom stereocenters. The van der Waals surface area contributed by atoms with Gasteiger partial charge in [0.25, 0.3) is 0 Å². The first-order chi connectivity index (χ1) is 12.7. The number of hydrogen-bond donors (Lipinski definition) is 0. The van der Waals surface area contributed by atoms with Crippen LogP contribution < -0.4 is 0 Å². The van der Waals surface area contributed by atoms with Crippen molar-refractivity contribution in [1.82, 2.24) is 14.8 Å². The summed E-state index contributed by atoms with van der Waals surface area (Å²) in [6.07, 6.45) is 4.95. The van der Waals surface area contributed by atoms with Gasteiger partial charge >= 0.3 is 0 Å². The van der Waals surface area contributed by atoms with Crippen LogP contribution in [0.25, 0.3) is 0 Å². The quantitative estimate of drug-likeness (QED) is 0.799. The molecule has 3 aliphatic heterocycles. The second kappa shape index (κ2) is 7.62. The fourth-order valence-electron chi connectivity index (χ4n) is 4.54. The molecule has 6 nitrogen and oxygen atoms in total. The van der Waals surface area contributed by atoms with Crippen molar-refractivity contribution in [3.05, 3.63) is 30.1 Å². The normalized spacial score (nSPS) is 28.3. The maximum atomic E-state index is 12.6. The Kier molecular flexibility index (Phi) is 5.25. The van der Waals surface area contributed by atoms with Gasteiger partial charge in [-0.05, 0) is 50.9 Å². The third-order valence-electron chi connectivity index (χ3n) is 6.24. The van der Waals surface area contributed by atoms with Gasteiger partial charge in [-0.3, -0.25) is 14.7 Å². The molecule has 26 heavy (non-hydrogen) atoms. The van der Waals surface area contributed by atoms with Gasteiger partial charge in [-0.15, -0.1) is 0 Å². The number of rotatable bonds is 5. The molecular formula is C20H29N3O3. The molecule has 1 aromatic rings. The van der Waals surface area contributed by atoms with E-state index in [1.807, 2.05) is 23.1 Å². The number of nitrogens with zero attached hydrogens (tertiary/aromatic N) is 3. The van der Waals surface area contributed by atoms with E-state index in [-0.39, 0.29) is 17.4 Å². The molecule has 0 unspecified atom stereocenters. The smallest absolute Gasteiger partial charge is 0.228 e. The van der Waals surface area contributed by atoms with E-state index in [0.717, 1.165) is 57.8 Å². The average Bonchev–Trinajstić information content (AvgIpc) is 3.16. The molecule has 4 rings (SSSR count). The van der Waals surface area contributed by atoms with Crippen LogP contribution in [0.15, 0.2) is 24.4 Å². The van der Waals surface area contributed by atoms with Gasteiger partial charge in [0.05, 0.1) is 37.0 Å². The van der Waals surface area contributed by atoms with Crippen LogP contribution in [0.2, 0.25) is 0 Å². The van der Waals surface area contributed by atoms with Crippen LogP contribution in [0.1, 0.15) is 25.0 Å². The van der Waals surface area contributed by atoms with E-state index in [4.69, 9.17) is 9.47 Å². The van der Waals surface area contributed by atoms with E-state index in [2.05, 4.69) is 16.9 Å². The van der Waals surface area contributed by atoms with Gasteiger partial charge in [0.1, 0.15) is 0 Å². The Bertz CT molecular complexity index is 612. The van der Waals surface area contributed by atoms with Crippen LogP contribution in [-0.4, -0.2) is 72.7 Å². The molecule has 142 valence electrons. The zero-order chi connectivity index (χ0) is 18.0. The summed E-state index contributed by atoms with van der Waals surface area (Å²) in [5.74, 6) is 0.927.